The third kappa shape index (κ3) is 4.21. The van der Waals surface area contributed by atoms with Gasteiger partial charge in [-0.25, -0.2) is 0 Å². The molecule has 0 fully saturated rings. The lowest BCUT2D eigenvalue weighted by Gasteiger charge is -2.25. The number of rotatable bonds is 6. The SMILES string of the molecule is CCC(C)C(N)C(=O)N(C)Cc1cc(Br)ccc1OC. The van der Waals surface area contributed by atoms with Crippen molar-refractivity contribution in [3.05, 3.63) is 28.2 Å². The van der Waals surface area contributed by atoms with E-state index in [-0.39, 0.29) is 11.8 Å². The first-order valence-electron chi connectivity index (χ1n) is 6.73. The second-order valence-corrected chi connectivity index (χ2v) is 5.98. The Morgan fingerprint density at radius 2 is 2.15 bits per heavy atom. The number of carbonyl (C=O) groups is 1. The molecular formula is C15H23BrN2O2. The zero-order chi connectivity index (χ0) is 15.3. The molecule has 2 atom stereocenters. The number of hydrogen-bond acceptors (Lipinski definition) is 3. The van der Waals surface area contributed by atoms with E-state index in [2.05, 4.69) is 15.9 Å². The topological polar surface area (TPSA) is 55.6 Å². The molecule has 5 heteroatoms. The van der Waals surface area contributed by atoms with E-state index < -0.39 is 6.04 Å². The summed E-state index contributed by atoms with van der Waals surface area (Å²) < 4.78 is 6.28. The van der Waals surface area contributed by atoms with Gasteiger partial charge in [0.1, 0.15) is 5.75 Å². The summed E-state index contributed by atoms with van der Waals surface area (Å²) in [4.78, 5) is 13.9. The van der Waals surface area contributed by atoms with Gasteiger partial charge in [-0.1, -0.05) is 36.2 Å². The third-order valence-corrected chi connectivity index (χ3v) is 4.06. The summed E-state index contributed by atoms with van der Waals surface area (Å²) in [6.45, 7) is 4.51. The van der Waals surface area contributed by atoms with Crippen LogP contribution in [0.4, 0.5) is 0 Å². The Morgan fingerprint density at radius 1 is 1.50 bits per heavy atom. The summed E-state index contributed by atoms with van der Waals surface area (Å²) in [6.07, 6.45) is 0.890. The summed E-state index contributed by atoms with van der Waals surface area (Å²) in [7, 11) is 3.39. The molecule has 0 saturated heterocycles. The molecular weight excluding hydrogens is 320 g/mol. The molecule has 2 unspecified atom stereocenters. The molecule has 0 heterocycles. The Balaban J connectivity index is 2.82. The number of benzene rings is 1. The average molecular weight is 343 g/mol. The van der Waals surface area contributed by atoms with Gasteiger partial charge in [0, 0.05) is 23.6 Å². The maximum absolute atomic E-state index is 12.3. The van der Waals surface area contributed by atoms with Gasteiger partial charge in [-0.2, -0.15) is 0 Å². The summed E-state index contributed by atoms with van der Waals surface area (Å²) in [6, 6.07) is 5.29. The number of methoxy groups -OCH3 is 1. The number of halogens is 1. The molecule has 0 radical (unpaired) electrons. The summed E-state index contributed by atoms with van der Waals surface area (Å²) in [5.74, 6) is 0.903. The van der Waals surface area contributed by atoms with Crippen LogP contribution >= 0.6 is 15.9 Å². The number of nitrogens with zero attached hydrogens (tertiary/aromatic N) is 1. The summed E-state index contributed by atoms with van der Waals surface area (Å²) >= 11 is 3.43. The van der Waals surface area contributed by atoms with Crippen LogP contribution in [-0.4, -0.2) is 31.0 Å². The first kappa shape index (κ1) is 17.0. The van der Waals surface area contributed by atoms with E-state index in [1.807, 2.05) is 32.0 Å². The van der Waals surface area contributed by atoms with E-state index >= 15 is 0 Å². The fourth-order valence-corrected chi connectivity index (χ4v) is 2.36. The van der Waals surface area contributed by atoms with Crippen LogP contribution in [0.5, 0.6) is 5.75 Å². The molecule has 112 valence electrons. The van der Waals surface area contributed by atoms with Crippen LogP contribution < -0.4 is 10.5 Å². The molecule has 1 aromatic rings. The first-order chi connectivity index (χ1) is 9.40. The van der Waals surface area contributed by atoms with E-state index in [9.17, 15) is 4.79 Å². The van der Waals surface area contributed by atoms with Crippen molar-refractivity contribution in [2.24, 2.45) is 11.7 Å². The van der Waals surface area contributed by atoms with E-state index in [4.69, 9.17) is 10.5 Å². The summed E-state index contributed by atoms with van der Waals surface area (Å²) in [5.41, 5.74) is 6.95. The number of nitrogens with two attached hydrogens (primary N) is 1. The van der Waals surface area contributed by atoms with Crippen LogP contribution in [0.15, 0.2) is 22.7 Å². The largest absolute Gasteiger partial charge is 0.496 e. The molecule has 1 aromatic carbocycles. The van der Waals surface area contributed by atoms with E-state index in [0.717, 1.165) is 22.2 Å². The molecule has 0 spiro atoms. The third-order valence-electron chi connectivity index (χ3n) is 3.57. The Bertz CT molecular complexity index is 465. The number of ether oxygens (including phenoxy) is 1. The average Bonchev–Trinajstić information content (AvgIpc) is 2.45. The van der Waals surface area contributed by atoms with Crippen molar-refractivity contribution in [1.82, 2.24) is 4.90 Å². The van der Waals surface area contributed by atoms with Gasteiger partial charge in [0.15, 0.2) is 0 Å². The minimum Gasteiger partial charge on any atom is -0.496 e. The van der Waals surface area contributed by atoms with Gasteiger partial charge in [-0.05, 0) is 24.1 Å². The Kier molecular flexibility index (Phi) is 6.49. The van der Waals surface area contributed by atoms with E-state index in [1.54, 1.807) is 19.1 Å². The molecule has 0 aliphatic carbocycles. The van der Waals surface area contributed by atoms with Gasteiger partial charge in [0.05, 0.1) is 13.2 Å². The highest BCUT2D eigenvalue weighted by molar-refractivity contribution is 9.10. The lowest BCUT2D eigenvalue weighted by molar-refractivity contribution is -0.132. The Hall–Kier alpha value is -1.07. The van der Waals surface area contributed by atoms with Crippen molar-refractivity contribution in [2.45, 2.75) is 32.9 Å². The highest BCUT2D eigenvalue weighted by Gasteiger charge is 2.23. The Labute approximate surface area is 129 Å². The minimum atomic E-state index is -0.455. The van der Waals surface area contributed by atoms with Crippen LogP contribution in [0.2, 0.25) is 0 Å². The second-order valence-electron chi connectivity index (χ2n) is 5.06. The van der Waals surface area contributed by atoms with Gasteiger partial charge in [0.2, 0.25) is 5.91 Å². The highest BCUT2D eigenvalue weighted by atomic mass is 79.9. The first-order valence-corrected chi connectivity index (χ1v) is 7.53. The molecule has 0 saturated carbocycles. The standard InChI is InChI=1S/C15H23BrN2O2/c1-5-10(2)14(17)15(19)18(3)9-11-8-12(16)6-7-13(11)20-4/h6-8,10,14H,5,9,17H2,1-4H3. The van der Waals surface area contributed by atoms with Gasteiger partial charge in [0.25, 0.3) is 0 Å². The Morgan fingerprint density at radius 3 is 2.70 bits per heavy atom. The van der Waals surface area contributed by atoms with Crippen molar-refractivity contribution >= 4 is 21.8 Å². The molecule has 2 N–H and O–H groups in total. The lowest BCUT2D eigenvalue weighted by Crippen LogP contribution is -2.45. The molecule has 0 aliphatic rings. The van der Waals surface area contributed by atoms with E-state index in [1.165, 1.54) is 0 Å². The van der Waals surface area contributed by atoms with Crippen LogP contribution in [0, 0.1) is 5.92 Å². The van der Waals surface area contributed by atoms with Crippen molar-refractivity contribution < 1.29 is 9.53 Å². The van der Waals surface area contributed by atoms with Gasteiger partial charge in [-0.15, -0.1) is 0 Å². The van der Waals surface area contributed by atoms with Crippen molar-refractivity contribution in [1.29, 1.82) is 0 Å². The zero-order valence-electron chi connectivity index (χ0n) is 12.5. The van der Waals surface area contributed by atoms with Crippen molar-refractivity contribution in [3.8, 4) is 5.75 Å². The van der Waals surface area contributed by atoms with Crippen molar-refractivity contribution in [3.63, 3.8) is 0 Å². The maximum Gasteiger partial charge on any atom is 0.239 e. The van der Waals surface area contributed by atoms with Gasteiger partial charge in [-0.3, -0.25) is 4.79 Å². The molecule has 0 aliphatic heterocycles. The van der Waals surface area contributed by atoms with Crippen LogP contribution in [0.1, 0.15) is 25.8 Å². The number of amides is 1. The second kappa shape index (κ2) is 7.64. The molecule has 0 bridgehead atoms. The molecule has 20 heavy (non-hydrogen) atoms. The normalized spacial score (nSPS) is 13.7. The van der Waals surface area contributed by atoms with Gasteiger partial charge < -0.3 is 15.4 Å². The molecule has 1 amide bonds. The smallest absolute Gasteiger partial charge is 0.239 e. The highest BCUT2D eigenvalue weighted by Crippen LogP contribution is 2.24. The quantitative estimate of drug-likeness (QED) is 0.864. The monoisotopic (exact) mass is 342 g/mol. The predicted molar refractivity (Wildman–Crippen MR) is 84.6 cm³/mol. The fraction of sp³-hybridized carbons (Fsp3) is 0.533. The zero-order valence-corrected chi connectivity index (χ0v) is 14.1. The van der Waals surface area contributed by atoms with Crippen molar-refractivity contribution in [2.75, 3.05) is 14.2 Å². The fourth-order valence-electron chi connectivity index (χ4n) is 1.96. The lowest BCUT2D eigenvalue weighted by atomic mass is 9.99. The van der Waals surface area contributed by atoms with Crippen LogP contribution in [0.25, 0.3) is 0 Å². The van der Waals surface area contributed by atoms with Gasteiger partial charge >= 0.3 is 0 Å². The van der Waals surface area contributed by atoms with Crippen LogP contribution in [0.3, 0.4) is 0 Å². The molecule has 1 rings (SSSR count). The predicted octanol–water partition coefficient (Wildman–Crippen LogP) is 2.79. The molecule has 0 aromatic heterocycles. The molecule has 4 nitrogen and oxygen atoms in total. The number of hydrogen-bond donors (Lipinski definition) is 1. The van der Waals surface area contributed by atoms with E-state index in [0.29, 0.717) is 6.54 Å². The minimum absolute atomic E-state index is 0.0404. The van der Waals surface area contributed by atoms with Crippen LogP contribution in [-0.2, 0) is 11.3 Å². The maximum atomic E-state index is 12.3. The summed E-state index contributed by atoms with van der Waals surface area (Å²) in [5, 5.41) is 0. The number of likely N-dealkylation sites (N-methyl/N-ethyl adjacent to an activating group) is 1. The number of carbonyl (C=O) groups excluding carboxylic acids is 1.